The van der Waals surface area contributed by atoms with Crippen LogP contribution in [0.15, 0.2) is 58.3 Å². The van der Waals surface area contributed by atoms with Crippen molar-refractivity contribution in [1.82, 2.24) is 15.0 Å². The number of rotatable bonds is 4. The van der Waals surface area contributed by atoms with Crippen molar-refractivity contribution in [2.45, 2.75) is 18.9 Å². The minimum absolute atomic E-state index is 0.0817. The molecule has 0 saturated carbocycles. The van der Waals surface area contributed by atoms with Crippen LogP contribution in [0.4, 0.5) is 5.69 Å². The normalized spacial score (nSPS) is 11.5. The molecule has 0 saturated heterocycles. The lowest BCUT2D eigenvalue weighted by molar-refractivity contribution is -0.113. The summed E-state index contributed by atoms with van der Waals surface area (Å²) in [5, 5.41) is 5.86. The summed E-state index contributed by atoms with van der Waals surface area (Å²) < 4.78 is 1.83. The number of hydrogen-bond acceptors (Lipinski definition) is 6. The molecule has 0 unspecified atom stereocenters. The van der Waals surface area contributed by atoms with Crippen LogP contribution in [0, 0.1) is 13.8 Å². The summed E-state index contributed by atoms with van der Waals surface area (Å²) in [7, 11) is 0. The molecule has 31 heavy (non-hydrogen) atoms. The number of aromatic nitrogens is 3. The molecule has 1 N–H and O–H groups in total. The Labute approximate surface area is 195 Å². The van der Waals surface area contributed by atoms with Crippen LogP contribution in [0.3, 0.4) is 0 Å². The number of thiophene rings is 1. The maximum absolute atomic E-state index is 12.5. The second-order valence-electron chi connectivity index (χ2n) is 7.32. The lowest BCUT2D eigenvalue weighted by atomic mass is 10.1. The molecule has 0 bridgehead atoms. The molecule has 154 valence electrons. The smallest absolute Gasteiger partial charge is 0.234 e. The third kappa shape index (κ3) is 4.03. The van der Waals surface area contributed by atoms with E-state index in [1.54, 1.807) is 17.7 Å². The Hall–Kier alpha value is -2.55. The lowest BCUT2D eigenvalue weighted by Gasteiger charge is -2.08. The van der Waals surface area contributed by atoms with Crippen molar-refractivity contribution in [3.05, 3.63) is 64.4 Å². The highest BCUT2D eigenvalue weighted by atomic mass is 79.9. The van der Waals surface area contributed by atoms with Gasteiger partial charge in [-0.1, -0.05) is 30.0 Å². The van der Waals surface area contributed by atoms with E-state index < -0.39 is 0 Å². The zero-order valence-corrected chi connectivity index (χ0v) is 20.0. The molecule has 3 aromatic heterocycles. The number of nitrogens with one attached hydrogen (secondary N) is 1. The van der Waals surface area contributed by atoms with E-state index in [4.69, 9.17) is 4.98 Å². The second-order valence-corrected chi connectivity index (χ2v) is 10.1. The number of hydrogen-bond donors (Lipinski definition) is 1. The van der Waals surface area contributed by atoms with Gasteiger partial charge < -0.3 is 5.32 Å². The van der Waals surface area contributed by atoms with Gasteiger partial charge in [0.25, 0.3) is 0 Å². The first-order valence-electron chi connectivity index (χ1n) is 9.61. The summed E-state index contributed by atoms with van der Waals surface area (Å²) >= 11 is 6.48. The molecular formula is C23H17BrN4OS2. The van der Waals surface area contributed by atoms with E-state index in [2.05, 4.69) is 62.4 Å². The highest BCUT2D eigenvalue weighted by Gasteiger charge is 2.15. The quantitative estimate of drug-likeness (QED) is 0.221. The Morgan fingerprint density at radius 1 is 1.10 bits per heavy atom. The van der Waals surface area contributed by atoms with E-state index >= 15 is 0 Å². The van der Waals surface area contributed by atoms with E-state index in [0.717, 1.165) is 52.1 Å². The number of thioether (sulfide) groups is 1. The van der Waals surface area contributed by atoms with Crippen molar-refractivity contribution < 1.29 is 4.79 Å². The van der Waals surface area contributed by atoms with Gasteiger partial charge in [0.1, 0.15) is 16.2 Å². The molecular weight excluding hydrogens is 492 g/mol. The number of carbonyl (C=O) groups is 1. The molecule has 0 aliphatic heterocycles. The molecule has 0 aliphatic carbocycles. The number of aryl methyl sites for hydroxylation is 2. The number of fused-ring (bicyclic) bond motifs is 4. The number of nitrogens with zero attached hydrogens (tertiary/aromatic N) is 3. The van der Waals surface area contributed by atoms with Gasteiger partial charge in [-0.3, -0.25) is 4.79 Å². The summed E-state index contributed by atoms with van der Waals surface area (Å²) in [6.45, 7) is 4.08. The van der Waals surface area contributed by atoms with Gasteiger partial charge in [-0.2, -0.15) is 0 Å². The van der Waals surface area contributed by atoms with Crippen molar-refractivity contribution in [3.63, 3.8) is 0 Å². The maximum atomic E-state index is 12.5. The summed E-state index contributed by atoms with van der Waals surface area (Å²) in [6.07, 6.45) is 1.56. The number of amides is 1. The zero-order chi connectivity index (χ0) is 21.5. The highest BCUT2D eigenvalue weighted by molar-refractivity contribution is 9.10. The molecule has 5 nitrogen and oxygen atoms in total. The second kappa shape index (κ2) is 8.18. The van der Waals surface area contributed by atoms with Crippen LogP contribution in [0.5, 0.6) is 0 Å². The highest BCUT2D eigenvalue weighted by Crippen LogP contribution is 2.37. The van der Waals surface area contributed by atoms with Crippen molar-refractivity contribution in [2.24, 2.45) is 0 Å². The van der Waals surface area contributed by atoms with Crippen LogP contribution in [0.25, 0.3) is 31.3 Å². The average Bonchev–Trinajstić information content (AvgIpc) is 3.10. The molecule has 0 spiro atoms. The molecule has 0 fully saturated rings. The van der Waals surface area contributed by atoms with Gasteiger partial charge >= 0.3 is 0 Å². The standard InChI is InChI=1S/C23H17BrN4OS2/c1-12-4-6-17(16(24)7-12)27-19(29)10-30-23-21-20(25-11-26-23)15-9-14-5-3-13(2)8-18(14)28-22(15)31-21/h3-9,11H,10H2,1-2H3,(H,27,29). The molecule has 8 heteroatoms. The summed E-state index contributed by atoms with van der Waals surface area (Å²) in [4.78, 5) is 27.2. The van der Waals surface area contributed by atoms with Crippen LogP contribution < -0.4 is 5.32 Å². The van der Waals surface area contributed by atoms with Crippen LogP contribution in [0.2, 0.25) is 0 Å². The Kier molecular flexibility index (Phi) is 5.37. The van der Waals surface area contributed by atoms with Gasteiger partial charge in [0, 0.05) is 15.2 Å². The molecule has 3 heterocycles. The summed E-state index contributed by atoms with van der Waals surface area (Å²) in [6, 6.07) is 14.3. The first-order chi connectivity index (χ1) is 15.0. The third-order valence-electron chi connectivity index (χ3n) is 4.90. The molecule has 0 aliphatic rings. The number of benzene rings is 2. The van der Waals surface area contributed by atoms with Gasteiger partial charge in [-0.25, -0.2) is 15.0 Å². The van der Waals surface area contributed by atoms with Crippen molar-refractivity contribution in [3.8, 4) is 0 Å². The van der Waals surface area contributed by atoms with Gasteiger partial charge in [0.2, 0.25) is 5.91 Å². The van der Waals surface area contributed by atoms with E-state index in [-0.39, 0.29) is 11.7 Å². The Morgan fingerprint density at radius 2 is 1.90 bits per heavy atom. The maximum Gasteiger partial charge on any atom is 0.234 e. The first-order valence-corrected chi connectivity index (χ1v) is 12.2. The van der Waals surface area contributed by atoms with E-state index in [1.807, 2.05) is 25.1 Å². The van der Waals surface area contributed by atoms with Gasteiger partial charge in [-0.05, 0) is 65.2 Å². The molecule has 5 aromatic rings. The lowest BCUT2D eigenvalue weighted by Crippen LogP contribution is -2.14. The summed E-state index contributed by atoms with van der Waals surface area (Å²) in [5.74, 6) is 0.178. The SMILES string of the molecule is Cc1ccc(NC(=O)CSc2ncnc3c2sc2nc4cc(C)ccc4cc23)c(Br)c1. The van der Waals surface area contributed by atoms with Crippen molar-refractivity contribution in [1.29, 1.82) is 0 Å². The molecule has 1 amide bonds. The predicted molar refractivity (Wildman–Crippen MR) is 133 cm³/mol. The van der Waals surface area contributed by atoms with Crippen LogP contribution in [-0.4, -0.2) is 26.6 Å². The largest absolute Gasteiger partial charge is 0.324 e. The number of carbonyl (C=O) groups excluding carboxylic acids is 1. The number of anilines is 1. The summed E-state index contributed by atoms with van der Waals surface area (Å²) in [5.41, 5.74) is 4.93. The minimum Gasteiger partial charge on any atom is -0.324 e. The monoisotopic (exact) mass is 508 g/mol. The first kappa shape index (κ1) is 20.4. The fourth-order valence-corrected chi connectivity index (χ4v) is 5.98. The number of pyridine rings is 1. The predicted octanol–water partition coefficient (Wildman–Crippen LogP) is 6.50. The molecule has 5 rings (SSSR count). The van der Waals surface area contributed by atoms with Gasteiger partial charge in [0.05, 0.1) is 27.2 Å². The minimum atomic E-state index is -0.0817. The fourth-order valence-electron chi connectivity index (χ4n) is 3.39. The molecule has 2 aromatic carbocycles. The van der Waals surface area contributed by atoms with Crippen LogP contribution >= 0.6 is 39.0 Å². The topological polar surface area (TPSA) is 67.8 Å². The molecule has 0 radical (unpaired) electrons. The van der Waals surface area contributed by atoms with E-state index in [1.165, 1.54) is 17.3 Å². The van der Waals surface area contributed by atoms with Gasteiger partial charge in [-0.15, -0.1) is 11.3 Å². The average molecular weight is 509 g/mol. The fraction of sp³-hybridized carbons (Fsp3) is 0.130. The third-order valence-corrected chi connectivity index (χ3v) is 7.77. The van der Waals surface area contributed by atoms with Gasteiger partial charge in [0.15, 0.2) is 0 Å². The zero-order valence-electron chi connectivity index (χ0n) is 16.8. The van der Waals surface area contributed by atoms with Crippen molar-refractivity contribution >= 4 is 82.0 Å². The Bertz CT molecular complexity index is 1480. The number of halogens is 1. The van der Waals surface area contributed by atoms with Crippen molar-refractivity contribution in [2.75, 3.05) is 11.1 Å². The van der Waals surface area contributed by atoms with Crippen LogP contribution in [-0.2, 0) is 4.79 Å². The van der Waals surface area contributed by atoms with E-state index in [9.17, 15) is 4.79 Å². The van der Waals surface area contributed by atoms with E-state index in [0.29, 0.717) is 0 Å². The molecule has 0 atom stereocenters. The Morgan fingerprint density at radius 3 is 2.74 bits per heavy atom. The Balaban J connectivity index is 1.43. The van der Waals surface area contributed by atoms with Crippen LogP contribution in [0.1, 0.15) is 11.1 Å².